The molecule has 1 aliphatic heterocycles. The van der Waals surface area contributed by atoms with Gasteiger partial charge in [0, 0.05) is 22.7 Å². The highest BCUT2D eigenvalue weighted by Crippen LogP contribution is 2.38. The van der Waals surface area contributed by atoms with Crippen molar-refractivity contribution >= 4 is 21.9 Å². The monoisotopic (exact) mass is 648 g/mol. The van der Waals surface area contributed by atoms with Crippen LogP contribution in [-0.4, -0.2) is 58.6 Å². The summed E-state index contributed by atoms with van der Waals surface area (Å²) in [5.41, 5.74) is 3.52. The second kappa shape index (κ2) is 12.6. The van der Waals surface area contributed by atoms with Gasteiger partial charge in [-0.05, 0) is 107 Å². The molecule has 0 radical (unpaired) electrons. The van der Waals surface area contributed by atoms with Crippen LogP contribution in [0.3, 0.4) is 0 Å². The van der Waals surface area contributed by atoms with Gasteiger partial charge in [0.15, 0.2) is 0 Å². The van der Waals surface area contributed by atoms with E-state index in [9.17, 15) is 18.3 Å². The smallest absolute Gasteiger partial charge is 0.264 e. The number of nitrogens with zero attached hydrogens (tertiary/aromatic N) is 3. The van der Waals surface area contributed by atoms with Gasteiger partial charge in [-0.3, -0.25) is 4.79 Å². The quantitative estimate of drug-likeness (QED) is 0.318. The lowest BCUT2D eigenvalue weighted by molar-refractivity contribution is -0.0187. The van der Waals surface area contributed by atoms with Crippen LogP contribution in [0.4, 0.5) is 5.95 Å². The third-order valence-electron chi connectivity index (χ3n) is 9.41. The summed E-state index contributed by atoms with van der Waals surface area (Å²) in [7, 11) is -4.15. The zero-order chi connectivity index (χ0) is 33.6. The molecule has 10 heteroatoms. The summed E-state index contributed by atoms with van der Waals surface area (Å²) in [5.74, 6) is 0.0837. The van der Waals surface area contributed by atoms with Crippen molar-refractivity contribution in [3.63, 3.8) is 0 Å². The van der Waals surface area contributed by atoms with E-state index >= 15 is 0 Å². The number of carbonyl (C=O) groups excluding carboxylic acids is 1. The van der Waals surface area contributed by atoms with Crippen molar-refractivity contribution in [1.82, 2.24) is 14.9 Å². The molecule has 4 bridgehead atoms. The molecule has 1 fully saturated rings. The number of amides is 1. The number of nitrogens with one attached hydrogen (secondary N) is 1. The summed E-state index contributed by atoms with van der Waals surface area (Å²) < 4.78 is 36.6. The largest absolute Gasteiger partial charge is 0.475 e. The first-order valence-corrected chi connectivity index (χ1v) is 17.7. The Labute approximate surface area is 273 Å². The fraction of sp³-hybridized carbons (Fsp3) is 0.528. The second-order valence-electron chi connectivity index (χ2n) is 14.8. The lowest BCUT2D eigenvalue weighted by Gasteiger charge is -2.44. The summed E-state index contributed by atoms with van der Waals surface area (Å²) in [6, 6.07) is 11.7. The first-order valence-electron chi connectivity index (χ1n) is 16.2. The van der Waals surface area contributed by atoms with Crippen molar-refractivity contribution in [2.24, 2.45) is 11.3 Å². The molecule has 2 aliphatic rings. The van der Waals surface area contributed by atoms with E-state index in [-0.39, 0.29) is 52.7 Å². The van der Waals surface area contributed by atoms with Gasteiger partial charge in [0.05, 0.1) is 22.2 Å². The van der Waals surface area contributed by atoms with Gasteiger partial charge in [-0.1, -0.05) is 45.0 Å². The number of rotatable bonds is 4. The fourth-order valence-electron chi connectivity index (χ4n) is 7.05. The molecule has 3 aromatic rings. The average molecular weight is 649 g/mol. The number of benzene rings is 2. The Morgan fingerprint density at radius 3 is 2.20 bits per heavy atom. The van der Waals surface area contributed by atoms with E-state index in [1.54, 1.807) is 12.1 Å². The normalized spacial score (nSPS) is 22.2. The lowest BCUT2D eigenvalue weighted by atomic mass is 9.76. The third kappa shape index (κ3) is 7.23. The molecule has 1 amide bonds. The maximum absolute atomic E-state index is 14.5. The molecular formula is C36H48N4O5S. The van der Waals surface area contributed by atoms with Crippen molar-refractivity contribution in [3.8, 4) is 17.1 Å². The number of hydrogen-bond donors (Lipinski definition) is 2. The number of aromatic nitrogens is 2. The second-order valence-corrected chi connectivity index (χ2v) is 16.5. The molecule has 2 aromatic carbocycles. The minimum absolute atomic E-state index is 0.0454. The molecular weight excluding hydrogens is 600 g/mol. The van der Waals surface area contributed by atoms with Crippen LogP contribution in [0.2, 0.25) is 0 Å². The molecule has 46 heavy (non-hydrogen) atoms. The van der Waals surface area contributed by atoms with Gasteiger partial charge in [-0.15, -0.1) is 0 Å². The molecule has 1 aromatic heterocycles. The summed E-state index contributed by atoms with van der Waals surface area (Å²) in [4.78, 5) is 25.7. The van der Waals surface area contributed by atoms with Crippen LogP contribution in [0.1, 0.15) is 93.8 Å². The van der Waals surface area contributed by atoms with Crippen LogP contribution in [0.15, 0.2) is 47.4 Å². The van der Waals surface area contributed by atoms with E-state index in [0.717, 1.165) is 42.4 Å². The average Bonchev–Trinajstić information content (AvgIpc) is 2.96. The van der Waals surface area contributed by atoms with Crippen LogP contribution < -0.4 is 9.46 Å². The van der Waals surface area contributed by atoms with Crippen LogP contribution >= 0.6 is 0 Å². The molecule has 248 valence electrons. The first kappa shape index (κ1) is 33.9. The van der Waals surface area contributed by atoms with Crippen LogP contribution in [0.25, 0.3) is 11.3 Å². The summed E-state index contributed by atoms with van der Waals surface area (Å²) in [6.45, 7) is 16.2. The zero-order valence-electron chi connectivity index (χ0n) is 28.3. The number of sulfonamides is 1. The van der Waals surface area contributed by atoms with E-state index in [2.05, 4.69) is 30.5 Å². The highest BCUT2D eigenvalue weighted by molar-refractivity contribution is 7.92. The maximum Gasteiger partial charge on any atom is 0.264 e. The fourth-order valence-corrected chi connectivity index (χ4v) is 8.04. The Balaban J connectivity index is 1.67. The van der Waals surface area contributed by atoms with Crippen LogP contribution in [-0.2, 0) is 10.0 Å². The van der Waals surface area contributed by atoms with E-state index in [1.807, 2.05) is 57.7 Å². The summed E-state index contributed by atoms with van der Waals surface area (Å²) >= 11 is 0. The third-order valence-corrected chi connectivity index (χ3v) is 10.7. The predicted molar refractivity (Wildman–Crippen MR) is 180 cm³/mol. The van der Waals surface area contributed by atoms with E-state index < -0.39 is 15.6 Å². The van der Waals surface area contributed by atoms with Crippen molar-refractivity contribution in [1.29, 1.82) is 0 Å². The summed E-state index contributed by atoms with van der Waals surface area (Å²) in [5, 5.41) is 10.7. The Morgan fingerprint density at radius 1 is 0.957 bits per heavy atom. The first-order chi connectivity index (χ1) is 21.4. The minimum atomic E-state index is -4.15. The number of aliphatic hydroxyl groups is 1. The standard InChI is InChI=1S/C36H48N4O5S/c1-22-11-9-12-23(2)30(22)31-24(3)32-38-34(37-31)39-46(43,44)29-14-10-13-25(19-29)33(41)40(28(21-45-32)20-35(4,5)6)27-17-15-26(16-18-27)36(7,8)42/h9-14,19,26-28,42H,15-18,20-21H2,1-8H3,(H,37,38,39)/t26?,27?,28-/m1/s1. The van der Waals surface area contributed by atoms with Crippen molar-refractivity contribution in [2.75, 3.05) is 11.3 Å². The molecule has 0 spiro atoms. The molecule has 0 unspecified atom stereocenters. The lowest BCUT2D eigenvalue weighted by Crippen LogP contribution is -2.52. The van der Waals surface area contributed by atoms with Gasteiger partial charge in [0.25, 0.3) is 15.9 Å². The summed E-state index contributed by atoms with van der Waals surface area (Å²) in [6.07, 6.45) is 3.68. The van der Waals surface area contributed by atoms with Crippen LogP contribution in [0.5, 0.6) is 5.88 Å². The molecule has 0 saturated heterocycles. The number of carbonyl (C=O) groups is 1. The molecule has 1 saturated carbocycles. The minimum Gasteiger partial charge on any atom is -0.475 e. The Morgan fingerprint density at radius 2 is 1.59 bits per heavy atom. The Hall–Kier alpha value is -3.50. The highest BCUT2D eigenvalue weighted by atomic mass is 32.2. The van der Waals surface area contributed by atoms with Gasteiger partial charge in [0.1, 0.15) is 6.61 Å². The number of anilines is 1. The van der Waals surface area contributed by atoms with E-state index in [4.69, 9.17) is 9.72 Å². The van der Waals surface area contributed by atoms with E-state index in [1.165, 1.54) is 12.1 Å². The van der Waals surface area contributed by atoms with Crippen molar-refractivity contribution < 1.29 is 23.1 Å². The van der Waals surface area contributed by atoms with Crippen molar-refractivity contribution in [2.45, 2.75) is 110 Å². The van der Waals surface area contributed by atoms with Crippen molar-refractivity contribution in [3.05, 3.63) is 64.7 Å². The number of hydrogen-bond acceptors (Lipinski definition) is 7. The van der Waals surface area contributed by atoms with E-state index in [0.29, 0.717) is 23.2 Å². The molecule has 1 aliphatic carbocycles. The number of ether oxygens (including phenoxy) is 1. The highest BCUT2D eigenvalue weighted by Gasteiger charge is 2.39. The molecule has 2 heterocycles. The SMILES string of the molecule is Cc1cccc(C)c1-c1nc2nc(c1C)OC[C@@H](CC(C)(C)C)N(C1CCC(C(C)(C)O)CC1)C(=O)c1cccc(c1)S(=O)(=O)N2. The molecule has 1 atom stereocenters. The maximum atomic E-state index is 14.5. The Kier molecular flexibility index (Phi) is 9.27. The molecule has 9 nitrogen and oxygen atoms in total. The molecule has 2 N–H and O–H groups in total. The number of fused-ring (bicyclic) bond motifs is 4. The topological polar surface area (TPSA) is 122 Å². The Bertz CT molecular complexity index is 1700. The van der Waals surface area contributed by atoms with Crippen LogP contribution in [0, 0.1) is 32.1 Å². The predicted octanol–water partition coefficient (Wildman–Crippen LogP) is 6.84. The molecule has 5 rings (SSSR count). The number of aryl methyl sites for hydroxylation is 2. The van der Waals surface area contributed by atoms with Gasteiger partial charge in [-0.2, -0.15) is 4.98 Å². The van der Waals surface area contributed by atoms with Gasteiger partial charge in [0.2, 0.25) is 11.8 Å². The zero-order valence-corrected chi connectivity index (χ0v) is 29.2. The van der Waals surface area contributed by atoms with Gasteiger partial charge >= 0.3 is 0 Å². The van der Waals surface area contributed by atoms with Gasteiger partial charge in [-0.25, -0.2) is 18.1 Å². The van der Waals surface area contributed by atoms with Gasteiger partial charge < -0.3 is 14.7 Å².